The van der Waals surface area contributed by atoms with E-state index in [1.54, 1.807) is 42.1 Å². The summed E-state index contributed by atoms with van der Waals surface area (Å²) in [6.07, 6.45) is 1.79. The highest BCUT2D eigenvalue weighted by Crippen LogP contribution is 2.28. The number of ether oxygens (including phenoxy) is 1. The van der Waals surface area contributed by atoms with Crippen molar-refractivity contribution in [1.29, 1.82) is 5.26 Å². The molecule has 0 spiro atoms. The van der Waals surface area contributed by atoms with E-state index in [0.717, 1.165) is 16.7 Å². The van der Waals surface area contributed by atoms with Gasteiger partial charge in [0.05, 0.1) is 31.0 Å². The molecular weight excluding hydrogens is 498 g/mol. The van der Waals surface area contributed by atoms with Crippen LogP contribution < -0.4 is 15.6 Å². The number of aromatic amines is 1. The topological polar surface area (TPSA) is 113 Å². The largest absolute Gasteiger partial charge is 0.497 e. The van der Waals surface area contributed by atoms with Gasteiger partial charge in [-0.15, -0.1) is 0 Å². The van der Waals surface area contributed by atoms with Crippen LogP contribution in [-0.2, 0) is 11.3 Å². The molecule has 0 aliphatic heterocycles. The predicted molar refractivity (Wildman–Crippen MR) is 148 cm³/mol. The summed E-state index contributed by atoms with van der Waals surface area (Å²) in [5.74, 6) is 0.437. The van der Waals surface area contributed by atoms with Crippen LogP contribution in [0.5, 0.6) is 5.75 Å². The summed E-state index contributed by atoms with van der Waals surface area (Å²) < 4.78 is 6.91. The van der Waals surface area contributed by atoms with E-state index in [-0.39, 0.29) is 23.8 Å². The first-order chi connectivity index (χ1) is 18.6. The van der Waals surface area contributed by atoms with Crippen LogP contribution in [0.4, 0.5) is 5.69 Å². The molecule has 2 N–H and O–H groups in total. The number of nitrogens with one attached hydrogen (secondary N) is 2. The lowest BCUT2D eigenvalue weighted by atomic mass is 10.1. The lowest BCUT2D eigenvalue weighted by Crippen LogP contribution is -2.25. The monoisotopic (exact) mass is 521 g/mol. The summed E-state index contributed by atoms with van der Waals surface area (Å²) in [5.41, 5.74) is 4.31. The fraction of sp³-hybridized carbons (Fsp3) is 0.103. The van der Waals surface area contributed by atoms with Crippen molar-refractivity contribution in [3.8, 4) is 22.9 Å². The Balaban J connectivity index is 1.50. The zero-order chi connectivity index (χ0) is 26.5. The molecule has 188 valence electrons. The van der Waals surface area contributed by atoms with Gasteiger partial charge in [0.2, 0.25) is 5.91 Å². The van der Waals surface area contributed by atoms with E-state index in [4.69, 9.17) is 15.0 Å². The molecule has 2 aromatic heterocycles. The number of hydrogen-bond donors (Lipinski definition) is 2. The molecule has 38 heavy (non-hydrogen) atoms. The molecule has 1 amide bonds. The van der Waals surface area contributed by atoms with Crippen molar-refractivity contribution in [2.75, 3.05) is 18.2 Å². The molecule has 8 nitrogen and oxygen atoms in total. The van der Waals surface area contributed by atoms with Gasteiger partial charge in [0.1, 0.15) is 16.8 Å². The van der Waals surface area contributed by atoms with E-state index in [0.29, 0.717) is 33.2 Å². The highest BCUT2D eigenvalue weighted by Gasteiger charge is 2.18. The van der Waals surface area contributed by atoms with Crippen LogP contribution in [0.25, 0.3) is 22.2 Å². The van der Waals surface area contributed by atoms with Crippen LogP contribution in [0.15, 0.2) is 95.0 Å². The molecule has 0 aliphatic rings. The highest BCUT2D eigenvalue weighted by molar-refractivity contribution is 7.99. The lowest BCUT2D eigenvalue weighted by Gasteiger charge is -2.13. The van der Waals surface area contributed by atoms with Crippen molar-refractivity contribution < 1.29 is 9.53 Å². The van der Waals surface area contributed by atoms with Gasteiger partial charge in [-0.25, -0.2) is 4.98 Å². The SMILES string of the molecule is COc1cccc(Cn2c(SCC(=O)Nc3cccc(C#N)c3)nc3c(-c4ccccc4)c[nH]c3c2=O)c1. The van der Waals surface area contributed by atoms with E-state index in [9.17, 15) is 9.59 Å². The molecule has 0 aliphatic carbocycles. The molecule has 0 saturated heterocycles. The van der Waals surface area contributed by atoms with Gasteiger partial charge in [-0.1, -0.05) is 60.3 Å². The van der Waals surface area contributed by atoms with Crippen LogP contribution in [0.3, 0.4) is 0 Å². The Hall–Kier alpha value is -4.81. The minimum absolute atomic E-state index is 0.0257. The molecule has 0 radical (unpaired) electrons. The molecule has 0 bridgehead atoms. The van der Waals surface area contributed by atoms with Crippen molar-refractivity contribution in [3.63, 3.8) is 0 Å². The predicted octanol–water partition coefficient (Wildman–Crippen LogP) is 5.05. The van der Waals surface area contributed by atoms with Crippen LogP contribution >= 0.6 is 11.8 Å². The Kier molecular flexibility index (Phi) is 7.24. The first-order valence-electron chi connectivity index (χ1n) is 11.8. The van der Waals surface area contributed by atoms with Gasteiger partial charge < -0.3 is 15.0 Å². The highest BCUT2D eigenvalue weighted by atomic mass is 32.2. The number of nitrogens with zero attached hydrogens (tertiary/aromatic N) is 3. The van der Waals surface area contributed by atoms with E-state index in [1.165, 1.54) is 11.8 Å². The van der Waals surface area contributed by atoms with E-state index in [2.05, 4.69) is 16.4 Å². The Bertz CT molecular complexity index is 1720. The number of benzene rings is 3. The Labute approximate surface area is 222 Å². The fourth-order valence-electron chi connectivity index (χ4n) is 4.11. The summed E-state index contributed by atoms with van der Waals surface area (Å²) in [6, 6.07) is 26.0. The molecule has 0 unspecified atom stereocenters. The average molecular weight is 522 g/mol. The molecule has 9 heteroatoms. The van der Waals surface area contributed by atoms with E-state index >= 15 is 0 Å². The quantitative estimate of drug-likeness (QED) is 0.218. The summed E-state index contributed by atoms with van der Waals surface area (Å²) >= 11 is 1.18. The molecule has 0 saturated carbocycles. The second-order valence-electron chi connectivity index (χ2n) is 8.46. The molecule has 2 heterocycles. The zero-order valence-corrected chi connectivity index (χ0v) is 21.3. The van der Waals surface area contributed by atoms with E-state index in [1.807, 2.05) is 54.6 Å². The number of nitriles is 1. The Morgan fingerprint density at radius 3 is 2.71 bits per heavy atom. The lowest BCUT2D eigenvalue weighted by molar-refractivity contribution is -0.113. The maximum absolute atomic E-state index is 13.7. The second-order valence-corrected chi connectivity index (χ2v) is 9.40. The number of fused-ring (bicyclic) bond motifs is 1. The average Bonchev–Trinajstić information content (AvgIpc) is 3.38. The Morgan fingerprint density at radius 2 is 1.92 bits per heavy atom. The number of H-pyrrole nitrogens is 1. The van der Waals surface area contributed by atoms with Gasteiger partial charge in [-0.3, -0.25) is 14.2 Å². The van der Waals surface area contributed by atoms with Gasteiger partial charge in [0.15, 0.2) is 5.16 Å². The minimum atomic E-state index is -0.273. The Morgan fingerprint density at radius 1 is 1.11 bits per heavy atom. The number of carbonyl (C=O) groups excluding carboxylic acids is 1. The first-order valence-corrected chi connectivity index (χ1v) is 12.8. The van der Waals surface area contributed by atoms with Crippen LogP contribution in [0, 0.1) is 11.3 Å². The van der Waals surface area contributed by atoms with E-state index < -0.39 is 0 Å². The molecule has 3 aromatic carbocycles. The van der Waals surface area contributed by atoms with Crippen molar-refractivity contribution in [1.82, 2.24) is 14.5 Å². The van der Waals surface area contributed by atoms with Gasteiger partial charge >= 0.3 is 0 Å². The smallest absolute Gasteiger partial charge is 0.278 e. The number of methoxy groups -OCH3 is 1. The van der Waals surface area contributed by atoms with Crippen molar-refractivity contribution in [2.45, 2.75) is 11.7 Å². The van der Waals surface area contributed by atoms with Crippen LogP contribution in [0.1, 0.15) is 11.1 Å². The molecule has 0 atom stereocenters. The third-order valence-electron chi connectivity index (χ3n) is 5.92. The number of amides is 1. The molecule has 5 rings (SSSR count). The summed E-state index contributed by atoms with van der Waals surface area (Å²) in [4.78, 5) is 34.4. The molecule has 5 aromatic rings. The van der Waals surface area contributed by atoms with Crippen LogP contribution in [-0.4, -0.2) is 33.3 Å². The number of aromatic nitrogens is 3. The van der Waals surface area contributed by atoms with Gasteiger partial charge in [-0.05, 0) is 41.5 Å². The van der Waals surface area contributed by atoms with Gasteiger partial charge in [-0.2, -0.15) is 5.26 Å². The molecular formula is C29H23N5O3S. The summed E-state index contributed by atoms with van der Waals surface area (Å²) in [7, 11) is 1.59. The standard InChI is InChI=1S/C29H23N5O3S/c1-37-23-12-6-8-20(14-23)17-34-28(36)27-26(24(16-31-27)21-9-3-2-4-10-21)33-29(34)38-18-25(35)32-22-11-5-7-19(13-22)15-30/h2-14,16,31H,17-18H2,1H3,(H,32,35). The first kappa shape index (κ1) is 24.9. The number of hydrogen-bond acceptors (Lipinski definition) is 6. The fourth-order valence-corrected chi connectivity index (χ4v) is 4.90. The maximum atomic E-state index is 13.7. The number of rotatable bonds is 8. The van der Waals surface area contributed by atoms with Crippen molar-refractivity contribution >= 4 is 34.4 Å². The van der Waals surface area contributed by atoms with Crippen LogP contribution in [0.2, 0.25) is 0 Å². The minimum Gasteiger partial charge on any atom is -0.497 e. The number of thioether (sulfide) groups is 1. The zero-order valence-electron chi connectivity index (χ0n) is 20.5. The normalized spacial score (nSPS) is 10.7. The second kappa shape index (κ2) is 11.1. The number of carbonyl (C=O) groups is 1. The van der Waals surface area contributed by atoms with Gasteiger partial charge in [0, 0.05) is 17.4 Å². The van der Waals surface area contributed by atoms with Gasteiger partial charge in [0.25, 0.3) is 5.56 Å². The third kappa shape index (κ3) is 5.31. The maximum Gasteiger partial charge on any atom is 0.278 e. The van der Waals surface area contributed by atoms with Crippen molar-refractivity contribution in [2.24, 2.45) is 0 Å². The third-order valence-corrected chi connectivity index (χ3v) is 6.89. The number of anilines is 1. The summed E-state index contributed by atoms with van der Waals surface area (Å²) in [6.45, 7) is 0.257. The summed E-state index contributed by atoms with van der Waals surface area (Å²) in [5, 5.41) is 12.3. The molecule has 0 fully saturated rings. The van der Waals surface area contributed by atoms with Crippen molar-refractivity contribution in [3.05, 3.63) is 107 Å².